The number of hydrogen-bond donors (Lipinski definition) is 0. The Morgan fingerprint density at radius 3 is 2.88 bits per heavy atom. The van der Waals surface area contributed by atoms with E-state index in [0.29, 0.717) is 0 Å². The fourth-order valence-electron chi connectivity index (χ4n) is 2.00. The maximum absolute atomic E-state index is 4.67. The minimum Gasteiger partial charge on any atom is -0.356 e. The van der Waals surface area contributed by atoms with Gasteiger partial charge in [0, 0.05) is 32.1 Å². The number of rotatable bonds is 4. The van der Waals surface area contributed by atoms with Gasteiger partial charge in [0.2, 0.25) is 0 Å². The van der Waals surface area contributed by atoms with Crippen LogP contribution in [-0.2, 0) is 0 Å². The predicted molar refractivity (Wildman–Crippen MR) is 71.6 cm³/mol. The molecule has 0 atom stereocenters. The van der Waals surface area contributed by atoms with Crippen LogP contribution in [0, 0.1) is 0 Å². The highest BCUT2D eigenvalue weighted by Crippen LogP contribution is 2.27. The molecule has 4 heteroatoms. The molecule has 2 heterocycles. The van der Waals surface area contributed by atoms with Crippen molar-refractivity contribution >= 4 is 22.3 Å². The zero-order chi connectivity index (χ0) is 11.5. The lowest BCUT2D eigenvalue weighted by atomic mass is 10.3. The summed E-state index contributed by atoms with van der Waals surface area (Å²) in [5.74, 6) is 1.14. The molecule has 0 amide bonds. The number of nitrogens with zero attached hydrogens (tertiary/aromatic N) is 3. The normalized spacial score (nSPS) is 15.5. The lowest BCUT2D eigenvalue weighted by molar-refractivity contribution is 0.927. The molecule has 1 saturated heterocycles. The van der Waals surface area contributed by atoms with Crippen molar-refractivity contribution in [3.8, 4) is 0 Å². The monoisotopic (exact) mass is 237 g/mol. The number of aromatic nitrogens is 1. The molecule has 88 valence electrons. The first-order valence-electron chi connectivity index (χ1n) is 5.73. The van der Waals surface area contributed by atoms with Gasteiger partial charge in [-0.2, -0.15) is 0 Å². The first-order chi connectivity index (χ1) is 7.66. The van der Waals surface area contributed by atoms with E-state index < -0.39 is 0 Å². The van der Waals surface area contributed by atoms with Gasteiger partial charge in [0.25, 0.3) is 0 Å². The SMILES string of the molecule is C=C(C)CN(C)c1nc(N2CCCC2)cs1. The second-order valence-electron chi connectivity index (χ2n) is 4.50. The Balaban J connectivity index is 2.03. The van der Waals surface area contributed by atoms with E-state index in [1.54, 1.807) is 11.3 Å². The highest BCUT2D eigenvalue weighted by molar-refractivity contribution is 7.14. The van der Waals surface area contributed by atoms with Crippen molar-refractivity contribution in [3.63, 3.8) is 0 Å². The van der Waals surface area contributed by atoms with E-state index in [4.69, 9.17) is 0 Å². The van der Waals surface area contributed by atoms with E-state index >= 15 is 0 Å². The van der Waals surface area contributed by atoms with Gasteiger partial charge in [0.1, 0.15) is 5.82 Å². The van der Waals surface area contributed by atoms with Crippen LogP contribution in [0.1, 0.15) is 19.8 Å². The van der Waals surface area contributed by atoms with Crippen LogP contribution in [-0.4, -0.2) is 31.7 Å². The molecule has 1 fully saturated rings. The van der Waals surface area contributed by atoms with E-state index in [-0.39, 0.29) is 0 Å². The molecule has 0 aliphatic carbocycles. The van der Waals surface area contributed by atoms with Gasteiger partial charge in [0.15, 0.2) is 5.13 Å². The molecule has 16 heavy (non-hydrogen) atoms. The van der Waals surface area contributed by atoms with E-state index in [1.165, 1.54) is 18.4 Å². The Kier molecular flexibility index (Phi) is 3.49. The fraction of sp³-hybridized carbons (Fsp3) is 0.583. The van der Waals surface area contributed by atoms with Crippen molar-refractivity contribution < 1.29 is 0 Å². The van der Waals surface area contributed by atoms with Crippen molar-refractivity contribution in [2.75, 3.05) is 36.5 Å². The third-order valence-electron chi connectivity index (χ3n) is 2.74. The van der Waals surface area contributed by atoms with E-state index in [9.17, 15) is 0 Å². The van der Waals surface area contributed by atoms with E-state index in [2.05, 4.69) is 33.8 Å². The van der Waals surface area contributed by atoms with Crippen molar-refractivity contribution in [2.45, 2.75) is 19.8 Å². The standard InChI is InChI=1S/C12H19N3S/c1-10(2)8-14(3)12-13-11(9-16-12)15-6-4-5-7-15/h9H,1,4-8H2,2-3H3. The van der Waals surface area contributed by atoms with Gasteiger partial charge in [-0.1, -0.05) is 12.2 Å². The van der Waals surface area contributed by atoms with Gasteiger partial charge in [-0.3, -0.25) is 0 Å². The Labute approximate surface area is 101 Å². The van der Waals surface area contributed by atoms with Gasteiger partial charge in [-0.25, -0.2) is 4.98 Å². The smallest absolute Gasteiger partial charge is 0.187 e. The summed E-state index contributed by atoms with van der Waals surface area (Å²) < 4.78 is 0. The highest BCUT2D eigenvalue weighted by atomic mass is 32.1. The molecule has 0 aromatic carbocycles. The Hall–Kier alpha value is -1.03. The molecule has 3 nitrogen and oxygen atoms in total. The average molecular weight is 237 g/mol. The molecule has 0 unspecified atom stereocenters. The Morgan fingerprint density at radius 2 is 2.25 bits per heavy atom. The van der Waals surface area contributed by atoms with Crippen molar-refractivity contribution in [3.05, 3.63) is 17.5 Å². The van der Waals surface area contributed by atoms with Crippen molar-refractivity contribution in [1.29, 1.82) is 0 Å². The molecule has 1 aliphatic heterocycles. The van der Waals surface area contributed by atoms with Crippen LogP contribution >= 0.6 is 11.3 Å². The molecule has 0 saturated carbocycles. The largest absolute Gasteiger partial charge is 0.356 e. The first-order valence-corrected chi connectivity index (χ1v) is 6.61. The van der Waals surface area contributed by atoms with Crippen LogP contribution in [0.2, 0.25) is 0 Å². The number of likely N-dealkylation sites (N-methyl/N-ethyl adjacent to an activating group) is 1. The van der Waals surface area contributed by atoms with Crippen LogP contribution in [0.15, 0.2) is 17.5 Å². The molecular formula is C12H19N3S. The van der Waals surface area contributed by atoms with Crippen LogP contribution < -0.4 is 9.80 Å². The molecule has 0 radical (unpaired) electrons. The van der Waals surface area contributed by atoms with Crippen LogP contribution in [0.5, 0.6) is 0 Å². The van der Waals surface area contributed by atoms with Gasteiger partial charge in [0.05, 0.1) is 0 Å². The highest BCUT2D eigenvalue weighted by Gasteiger charge is 2.16. The third-order valence-corrected chi connectivity index (χ3v) is 3.69. The van der Waals surface area contributed by atoms with Gasteiger partial charge in [-0.15, -0.1) is 11.3 Å². The molecule has 1 aromatic rings. The van der Waals surface area contributed by atoms with Crippen molar-refractivity contribution in [1.82, 2.24) is 4.98 Å². The summed E-state index contributed by atoms with van der Waals surface area (Å²) in [6.07, 6.45) is 2.60. The van der Waals surface area contributed by atoms with Gasteiger partial charge < -0.3 is 9.80 Å². The summed E-state index contributed by atoms with van der Waals surface area (Å²) in [5, 5.41) is 3.25. The van der Waals surface area contributed by atoms with E-state index in [0.717, 1.165) is 30.6 Å². The summed E-state index contributed by atoms with van der Waals surface area (Å²) in [6, 6.07) is 0. The quantitative estimate of drug-likeness (QED) is 0.751. The Morgan fingerprint density at radius 1 is 1.56 bits per heavy atom. The zero-order valence-electron chi connectivity index (χ0n) is 10.1. The lowest BCUT2D eigenvalue weighted by Crippen LogP contribution is -2.20. The summed E-state index contributed by atoms with van der Waals surface area (Å²) >= 11 is 1.72. The lowest BCUT2D eigenvalue weighted by Gasteiger charge is -2.16. The zero-order valence-corrected chi connectivity index (χ0v) is 10.9. The molecule has 0 N–H and O–H groups in total. The van der Waals surface area contributed by atoms with Gasteiger partial charge in [-0.05, 0) is 19.8 Å². The van der Waals surface area contributed by atoms with E-state index in [1.807, 2.05) is 6.92 Å². The second kappa shape index (κ2) is 4.87. The molecule has 1 aromatic heterocycles. The number of anilines is 2. The first kappa shape index (κ1) is 11.5. The summed E-state index contributed by atoms with van der Waals surface area (Å²) in [6.45, 7) is 9.18. The minimum atomic E-state index is 0.882. The molecule has 0 bridgehead atoms. The summed E-state index contributed by atoms with van der Waals surface area (Å²) in [7, 11) is 2.07. The summed E-state index contributed by atoms with van der Waals surface area (Å²) in [5.41, 5.74) is 1.17. The fourth-order valence-corrected chi connectivity index (χ4v) is 2.80. The molecule has 1 aliphatic rings. The topological polar surface area (TPSA) is 19.4 Å². The number of thiazole rings is 1. The predicted octanol–water partition coefficient (Wildman–Crippen LogP) is 2.76. The molecule has 2 rings (SSSR count). The average Bonchev–Trinajstić information content (AvgIpc) is 2.87. The third kappa shape index (κ3) is 2.55. The van der Waals surface area contributed by atoms with Crippen LogP contribution in [0.3, 0.4) is 0 Å². The number of hydrogen-bond acceptors (Lipinski definition) is 4. The Bertz CT molecular complexity index is 366. The molecular weight excluding hydrogens is 218 g/mol. The van der Waals surface area contributed by atoms with Crippen molar-refractivity contribution in [2.24, 2.45) is 0 Å². The van der Waals surface area contributed by atoms with Crippen LogP contribution in [0.4, 0.5) is 10.9 Å². The summed E-state index contributed by atoms with van der Waals surface area (Å²) in [4.78, 5) is 9.20. The maximum atomic E-state index is 4.67. The minimum absolute atomic E-state index is 0.882. The van der Waals surface area contributed by atoms with Crippen LogP contribution in [0.25, 0.3) is 0 Å². The maximum Gasteiger partial charge on any atom is 0.187 e. The van der Waals surface area contributed by atoms with Gasteiger partial charge >= 0.3 is 0 Å². The molecule has 0 spiro atoms. The second-order valence-corrected chi connectivity index (χ2v) is 5.33.